The van der Waals surface area contributed by atoms with Crippen molar-refractivity contribution in [2.24, 2.45) is 5.92 Å². The van der Waals surface area contributed by atoms with Crippen LogP contribution in [-0.2, 0) is 4.79 Å². The molecule has 1 saturated carbocycles. The van der Waals surface area contributed by atoms with Gasteiger partial charge in [0.2, 0.25) is 5.91 Å². The number of hydrogen-bond donors (Lipinski definition) is 1. The van der Waals surface area contributed by atoms with Gasteiger partial charge in [-0.05, 0) is 48.6 Å². The highest BCUT2D eigenvalue weighted by atomic mass is 32.2. The zero-order valence-electron chi connectivity index (χ0n) is 19.5. The lowest BCUT2D eigenvalue weighted by Crippen LogP contribution is -2.33. The summed E-state index contributed by atoms with van der Waals surface area (Å²) < 4.78 is 13.3. The molecule has 0 radical (unpaired) electrons. The molecule has 0 saturated heterocycles. The number of benzene rings is 2. The number of rotatable bonds is 7. The summed E-state index contributed by atoms with van der Waals surface area (Å²) in [5.74, 6) is 1.73. The molecule has 5 rings (SSSR count). The van der Waals surface area contributed by atoms with E-state index in [0.717, 1.165) is 36.3 Å². The Morgan fingerprint density at radius 1 is 1.15 bits per heavy atom. The molecule has 0 bridgehead atoms. The van der Waals surface area contributed by atoms with Gasteiger partial charge < -0.3 is 14.8 Å². The fraction of sp³-hybridized carbons (Fsp3) is 0.423. The SMILES string of the molecule is CC(C)C(NC(=O)CSc1nc2ccccc2c(=O)n1C1CC1)c1ccc2c(c1)OCCCO2. The Hall–Kier alpha value is -3.00. The number of fused-ring (bicyclic) bond motifs is 2. The minimum absolute atomic E-state index is 0.0248. The van der Waals surface area contributed by atoms with Gasteiger partial charge in [0.1, 0.15) is 0 Å². The molecule has 2 aromatic carbocycles. The van der Waals surface area contributed by atoms with Gasteiger partial charge >= 0.3 is 0 Å². The molecule has 1 aliphatic carbocycles. The zero-order chi connectivity index (χ0) is 23.7. The second-order valence-corrected chi connectivity index (χ2v) is 10.1. The van der Waals surface area contributed by atoms with Crippen LogP contribution < -0.4 is 20.3 Å². The van der Waals surface area contributed by atoms with Crippen molar-refractivity contribution in [3.63, 3.8) is 0 Å². The van der Waals surface area contributed by atoms with Gasteiger partial charge in [0.25, 0.3) is 5.56 Å². The Balaban J connectivity index is 1.33. The summed E-state index contributed by atoms with van der Waals surface area (Å²) in [6.45, 7) is 5.42. The predicted octanol–water partition coefficient (Wildman–Crippen LogP) is 4.50. The highest BCUT2D eigenvalue weighted by molar-refractivity contribution is 7.99. The standard InChI is InChI=1S/C26H29N3O4S/c1-16(2)24(17-8-11-21-22(14-17)33-13-5-12-32-21)28-23(30)15-34-26-27-20-7-4-3-6-19(20)25(31)29(26)18-9-10-18/h3-4,6-8,11,14,16,18,24H,5,9-10,12-13,15H2,1-2H3,(H,28,30). The molecule has 1 aromatic heterocycles. The maximum atomic E-state index is 13.1. The number of nitrogens with zero attached hydrogens (tertiary/aromatic N) is 2. The van der Waals surface area contributed by atoms with Crippen LogP contribution in [-0.4, -0.2) is 34.4 Å². The maximum Gasteiger partial charge on any atom is 0.262 e. The summed E-state index contributed by atoms with van der Waals surface area (Å²) >= 11 is 1.32. The van der Waals surface area contributed by atoms with Crippen molar-refractivity contribution in [1.29, 1.82) is 0 Å². The van der Waals surface area contributed by atoms with E-state index in [1.807, 2.05) is 42.5 Å². The summed E-state index contributed by atoms with van der Waals surface area (Å²) in [5.41, 5.74) is 1.62. The molecule has 3 aromatic rings. The molecule has 2 aliphatic rings. The predicted molar refractivity (Wildman–Crippen MR) is 133 cm³/mol. The normalized spacial score (nSPS) is 16.3. The quantitative estimate of drug-likeness (QED) is 0.397. The third-order valence-corrected chi connectivity index (χ3v) is 7.09. The van der Waals surface area contributed by atoms with Crippen molar-refractivity contribution in [2.75, 3.05) is 19.0 Å². The average molecular weight is 480 g/mol. The second kappa shape index (κ2) is 9.70. The number of aromatic nitrogens is 2. The van der Waals surface area contributed by atoms with Crippen LogP contribution in [0.25, 0.3) is 10.9 Å². The molecule has 1 unspecified atom stereocenters. The topological polar surface area (TPSA) is 82.5 Å². The largest absolute Gasteiger partial charge is 0.490 e. The van der Waals surface area contributed by atoms with Gasteiger partial charge in [-0.1, -0.05) is 43.8 Å². The molecule has 34 heavy (non-hydrogen) atoms. The van der Waals surface area contributed by atoms with Crippen molar-refractivity contribution < 1.29 is 14.3 Å². The van der Waals surface area contributed by atoms with Crippen LogP contribution in [0.2, 0.25) is 0 Å². The van der Waals surface area contributed by atoms with Gasteiger partial charge in [0, 0.05) is 12.5 Å². The second-order valence-electron chi connectivity index (χ2n) is 9.15. The van der Waals surface area contributed by atoms with Gasteiger partial charge in [-0.15, -0.1) is 0 Å². The molecular weight excluding hydrogens is 450 g/mol. The molecule has 1 aliphatic heterocycles. The summed E-state index contributed by atoms with van der Waals surface area (Å²) in [7, 11) is 0. The number of amides is 1. The molecule has 1 N–H and O–H groups in total. The molecule has 0 spiro atoms. The Kier molecular flexibility index (Phi) is 6.50. The number of hydrogen-bond acceptors (Lipinski definition) is 6. The number of ether oxygens (including phenoxy) is 2. The Morgan fingerprint density at radius 3 is 2.68 bits per heavy atom. The van der Waals surface area contributed by atoms with E-state index in [9.17, 15) is 9.59 Å². The van der Waals surface area contributed by atoms with Crippen LogP contribution in [0, 0.1) is 5.92 Å². The Bertz CT molecular complexity index is 1270. The smallest absolute Gasteiger partial charge is 0.262 e. The Morgan fingerprint density at radius 2 is 1.91 bits per heavy atom. The average Bonchev–Trinajstić information content (AvgIpc) is 3.68. The number of carbonyl (C=O) groups excluding carboxylic acids is 1. The molecule has 2 heterocycles. The first-order valence-electron chi connectivity index (χ1n) is 11.8. The van der Waals surface area contributed by atoms with Crippen molar-refractivity contribution in [1.82, 2.24) is 14.9 Å². The van der Waals surface area contributed by atoms with E-state index >= 15 is 0 Å². The number of para-hydroxylation sites is 1. The van der Waals surface area contributed by atoms with Gasteiger partial charge in [0.15, 0.2) is 16.7 Å². The molecule has 7 nitrogen and oxygen atoms in total. The summed E-state index contributed by atoms with van der Waals surface area (Å²) in [5, 5.41) is 4.40. The van der Waals surface area contributed by atoms with Gasteiger partial charge in [-0.3, -0.25) is 14.2 Å². The molecular formula is C26H29N3O4S. The van der Waals surface area contributed by atoms with Crippen molar-refractivity contribution in [3.05, 3.63) is 58.4 Å². The molecule has 1 amide bonds. The van der Waals surface area contributed by atoms with E-state index in [2.05, 4.69) is 19.2 Å². The maximum absolute atomic E-state index is 13.1. The van der Waals surface area contributed by atoms with E-state index in [1.165, 1.54) is 11.8 Å². The van der Waals surface area contributed by atoms with Gasteiger partial charge in [0.05, 0.1) is 35.9 Å². The third-order valence-electron chi connectivity index (χ3n) is 6.13. The lowest BCUT2D eigenvalue weighted by Gasteiger charge is -2.24. The lowest BCUT2D eigenvalue weighted by molar-refractivity contribution is -0.119. The van der Waals surface area contributed by atoms with Crippen LogP contribution in [0.1, 0.15) is 50.8 Å². The monoisotopic (exact) mass is 479 g/mol. The van der Waals surface area contributed by atoms with E-state index in [4.69, 9.17) is 14.5 Å². The fourth-order valence-corrected chi connectivity index (χ4v) is 5.11. The molecule has 8 heteroatoms. The molecule has 1 fully saturated rings. The van der Waals surface area contributed by atoms with Gasteiger partial charge in [-0.2, -0.15) is 0 Å². The van der Waals surface area contributed by atoms with Crippen molar-refractivity contribution in [2.45, 2.75) is 50.4 Å². The van der Waals surface area contributed by atoms with Crippen LogP contribution in [0.3, 0.4) is 0 Å². The minimum atomic E-state index is -0.166. The summed E-state index contributed by atoms with van der Waals surface area (Å²) in [4.78, 5) is 30.8. The van der Waals surface area contributed by atoms with E-state index in [-0.39, 0.29) is 35.2 Å². The van der Waals surface area contributed by atoms with Crippen LogP contribution in [0.4, 0.5) is 0 Å². The molecule has 1 atom stereocenters. The highest BCUT2D eigenvalue weighted by Crippen LogP contribution is 2.37. The number of nitrogens with one attached hydrogen (secondary N) is 1. The van der Waals surface area contributed by atoms with E-state index in [0.29, 0.717) is 29.3 Å². The highest BCUT2D eigenvalue weighted by Gasteiger charge is 2.29. The fourth-order valence-electron chi connectivity index (χ4n) is 4.24. The van der Waals surface area contributed by atoms with Crippen LogP contribution >= 0.6 is 11.8 Å². The first-order valence-corrected chi connectivity index (χ1v) is 12.8. The third kappa shape index (κ3) is 4.78. The van der Waals surface area contributed by atoms with Crippen molar-refractivity contribution in [3.8, 4) is 11.5 Å². The van der Waals surface area contributed by atoms with Crippen LogP contribution in [0.5, 0.6) is 11.5 Å². The number of carbonyl (C=O) groups is 1. The van der Waals surface area contributed by atoms with Crippen LogP contribution in [0.15, 0.2) is 52.4 Å². The summed E-state index contributed by atoms with van der Waals surface area (Å²) in [6.07, 6.45) is 2.79. The Labute approximate surface area is 202 Å². The van der Waals surface area contributed by atoms with Gasteiger partial charge in [-0.25, -0.2) is 4.98 Å². The van der Waals surface area contributed by atoms with E-state index < -0.39 is 0 Å². The minimum Gasteiger partial charge on any atom is -0.490 e. The molecule has 178 valence electrons. The first-order chi connectivity index (χ1) is 16.5. The lowest BCUT2D eigenvalue weighted by atomic mass is 9.95. The van der Waals surface area contributed by atoms with E-state index in [1.54, 1.807) is 4.57 Å². The number of thioether (sulfide) groups is 1. The van der Waals surface area contributed by atoms with Crippen molar-refractivity contribution >= 4 is 28.6 Å². The first kappa shape index (κ1) is 22.8. The summed E-state index contributed by atoms with van der Waals surface area (Å²) in [6, 6.07) is 13.3. The zero-order valence-corrected chi connectivity index (χ0v) is 20.3.